The van der Waals surface area contributed by atoms with Crippen LogP contribution in [0.3, 0.4) is 0 Å². The first kappa shape index (κ1) is 22.9. The number of ether oxygens (including phenoxy) is 3. The van der Waals surface area contributed by atoms with Crippen LogP contribution in [0.15, 0.2) is 28.5 Å². The molecule has 3 heterocycles. The van der Waals surface area contributed by atoms with Crippen LogP contribution in [-0.2, 0) is 26.1 Å². The van der Waals surface area contributed by atoms with Crippen LogP contribution in [0.4, 0.5) is 5.13 Å². The summed E-state index contributed by atoms with van der Waals surface area (Å²) in [6, 6.07) is 4.48. The van der Waals surface area contributed by atoms with Crippen molar-refractivity contribution in [3.8, 4) is 11.5 Å². The fourth-order valence-corrected chi connectivity index (χ4v) is 5.06. The van der Waals surface area contributed by atoms with Gasteiger partial charge in [-0.05, 0) is 12.1 Å². The van der Waals surface area contributed by atoms with Gasteiger partial charge in [-0.15, -0.1) is 11.3 Å². The smallest absolute Gasteiger partial charge is 0.240 e. The van der Waals surface area contributed by atoms with Crippen molar-refractivity contribution in [2.75, 3.05) is 51.4 Å². The number of anilines is 1. The Morgan fingerprint density at radius 2 is 1.91 bits per heavy atom. The third-order valence-electron chi connectivity index (χ3n) is 4.96. The molecule has 0 atom stereocenters. The number of hydrogen-bond acceptors (Lipinski definition) is 9. The summed E-state index contributed by atoms with van der Waals surface area (Å²) in [6.45, 7) is 4.84. The average molecular weight is 483 g/mol. The van der Waals surface area contributed by atoms with Gasteiger partial charge >= 0.3 is 0 Å². The van der Waals surface area contributed by atoms with Crippen LogP contribution < -0.4 is 19.5 Å². The number of hydrogen-bond donors (Lipinski definition) is 2. The van der Waals surface area contributed by atoms with Gasteiger partial charge in [0.1, 0.15) is 0 Å². The second-order valence-corrected chi connectivity index (χ2v) is 10.0. The Labute approximate surface area is 190 Å². The van der Waals surface area contributed by atoms with Gasteiger partial charge in [0.25, 0.3) is 0 Å². The van der Waals surface area contributed by atoms with Crippen molar-refractivity contribution in [3.63, 3.8) is 0 Å². The summed E-state index contributed by atoms with van der Waals surface area (Å²) in [5.74, 6) is 0.621. The van der Waals surface area contributed by atoms with Gasteiger partial charge in [-0.3, -0.25) is 9.69 Å². The second kappa shape index (κ2) is 10.6. The first-order valence-electron chi connectivity index (χ1n) is 10.4. The molecule has 1 fully saturated rings. The van der Waals surface area contributed by atoms with E-state index in [0.717, 1.165) is 38.4 Å². The molecule has 12 heteroatoms. The fourth-order valence-electron chi connectivity index (χ4n) is 3.30. The number of nitrogens with one attached hydrogen (secondary N) is 2. The number of nitrogens with zero attached hydrogens (tertiary/aromatic N) is 2. The van der Waals surface area contributed by atoms with E-state index in [1.165, 1.54) is 23.5 Å². The molecule has 1 aromatic carbocycles. The zero-order chi connectivity index (χ0) is 22.4. The van der Waals surface area contributed by atoms with Crippen LogP contribution in [0.25, 0.3) is 0 Å². The van der Waals surface area contributed by atoms with E-state index in [1.54, 1.807) is 6.07 Å². The highest BCUT2D eigenvalue weighted by molar-refractivity contribution is 7.89. The molecule has 2 aliphatic rings. The van der Waals surface area contributed by atoms with E-state index in [2.05, 4.69) is 19.9 Å². The number of rotatable bonds is 8. The molecule has 174 valence electrons. The normalized spacial score (nSPS) is 17.0. The van der Waals surface area contributed by atoms with Gasteiger partial charge in [-0.25, -0.2) is 18.1 Å². The van der Waals surface area contributed by atoms with Gasteiger partial charge < -0.3 is 19.5 Å². The Morgan fingerprint density at radius 3 is 2.72 bits per heavy atom. The molecule has 2 aliphatic heterocycles. The van der Waals surface area contributed by atoms with E-state index in [1.807, 2.05) is 5.38 Å². The third-order valence-corrected chi connectivity index (χ3v) is 7.23. The van der Waals surface area contributed by atoms with Gasteiger partial charge in [-0.1, -0.05) is 0 Å². The minimum Gasteiger partial charge on any atom is -0.490 e. The maximum Gasteiger partial charge on any atom is 0.240 e. The monoisotopic (exact) mass is 482 g/mol. The van der Waals surface area contributed by atoms with Crippen LogP contribution in [0.1, 0.15) is 18.5 Å². The maximum absolute atomic E-state index is 12.6. The summed E-state index contributed by atoms with van der Waals surface area (Å²) < 4.78 is 44.0. The molecule has 1 saturated heterocycles. The minimum absolute atomic E-state index is 0.0117. The molecule has 1 aromatic heterocycles. The number of carbonyl (C=O) groups excluding carboxylic acids is 1. The van der Waals surface area contributed by atoms with Gasteiger partial charge in [0, 0.05) is 50.5 Å². The van der Waals surface area contributed by atoms with Crippen LogP contribution in [0, 0.1) is 0 Å². The van der Waals surface area contributed by atoms with E-state index >= 15 is 0 Å². The average Bonchev–Trinajstić information content (AvgIpc) is 3.07. The molecule has 0 bridgehead atoms. The summed E-state index contributed by atoms with van der Waals surface area (Å²) >= 11 is 1.35. The van der Waals surface area contributed by atoms with Crippen molar-refractivity contribution in [1.82, 2.24) is 14.6 Å². The number of amides is 1. The molecular formula is C20H26N4O6S2. The van der Waals surface area contributed by atoms with Gasteiger partial charge in [0.05, 0.1) is 37.0 Å². The zero-order valence-corrected chi connectivity index (χ0v) is 19.2. The predicted octanol–water partition coefficient (Wildman–Crippen LogP) is 1.44. The predicted molar refractivity (Wildman–Crippen MR) is 119 cm³/mol. The largest absolute Gasteiger partial charge is 0.490 e. The van der Waals surface area contributed by atoms with E-state index < -0.39 is 10.0 Å². The van der Waals surface area contributed by atoms with Crippen LogP contribution in [0.5, 0.6) is 11.5 Å². The number of aromatic nitrogens is 1. The van der Waals surface area contributed by atoms with E-state index in [4.69, 9.17) is 14.2 Å². The molecular weight excluding hydrogens is 456 g/mol. The van der Waals surface area contributed by atoms with Crippen molar-refractivity contribution >= 4 is 32.4 Å². The van der Waals surface area contributed by atoms with E-state index in [-0.39, 0.29) is 23.8 Å². The van der Waals surface area contributed by atoms with Crippen molar-refractivity contribution in [1.29, 1.82) is 0 Å². The number of sulfonamides is 1. The quantitative estimate of drug-likeness (QED) is 0.580. The first-order valence-corrected chi connectivity index (χ1v) is 12.8. The molecule has 32 heavy (non-hydrogen) atoms. The summed E-state index contributed by atoms with van der Waals surface area (Å²) in [6.07, 6.45) is 0.722. The molecule has 10 nitrogen and oxygen atoms in total. The van der Waals surface area contributed by atoms with Crippen molar-refractivity contribution in [3.05, 3.63) is 29.3 Å². The van der Waals surface area contributed by atoms with Crippen LogP contribution in [0.2, 0.25) is 0 Å². The van der Waals surface area contributed by atoms with Crippen molar-refractivity contribution in [2.24, 2.45) is 0 Å². The van der Waals surface area contributed by atoms with E-state index in [0.29, 0.717) is 36.4 Å². The lowest BCUT2D eigenvalue weighted by Gasteiger charge is -2.25. The van der Waals surface area contributed by atoms with Gasteiger partial charge in [0.2, 0.25) is 15.9 Å². The summed E-state index contributed by atoms with van der Waals surface area (Å²) in [7, 11) is -3.78. The summed E-state index contributed by atoms with van der Waals surface area (Å²) in [5, 5.41) is 5.15. The molecule has 2 N–H and O–H groups in total. The third kappa shape index (κ3) is 6.17. The number of thiazole rings is 1. The molecule has 2 aromatic rings. The Bertz CT molecular complexity index is 1040. The standard InChI is InChI=1S/C20H26N4O6S2/c25-19(23-20-22-15(14-31-20)13-24-6-10-28-11-7-24)4-5-21-32(26,27)16-2-3-17-18(12-16)30-9-1-8-29-17/h2-3,12,14,21H,1,4-11,13H2,(H,22,23,25). The van der Waals surface area contributed by atoms with Crippen molar-refractivity contribution in [2.45, 2.75) is 24.3 Å². The number of benzene rings is 1. The molecule has 0 radical (unpaired) electrons. The molecule has 4 rings (SSSR count). The Morgan fingerprint density at radius 1 is 1.12 bits per heavy atom. The maximum atomic E-state index is 12.6. The lowest BCUT2D eigenvalue weighted by atomic mass is 10.3. The summed E-state index contributed by atoms with van der Waals surface area (Å²) in [4.78, 5) is 19.0. The number of carbonyl (C=O) groups is 1. The molecule has 0 saturated carbocycles. The second-order valence-electron chi connectivity index (χ2n) is 7.39. The molecule has 0 aliphatic carbocycles. The van der Waals surface area contributed by atoms with Crippen LogP contribution >= 0.6 is 11.3 Å². The SMILES string of the molecule is O=C(CCNS(=O)(=O)c1ccc2c(c1)OCCCO2)Nc1nc(CN2CCOCC2)cs1. The Hall–Kier alpha value is -2.25. The lowest BCUT2D eigenvalue weighted by molar-refractivity contribution is -0.116. The lowest BCUT2D eigenvalue weighted by Crippen LogP contribution is -2.35. The molecule has 0 spiro atoms. The van der Waals surface area contributed by atoms with E-state index in [9.17, 15) is 13.2 Å². The highest BCUT2D eigenvalue weighted by Crippen LogP contribution is 2.31. The number of morpholine rings is 1. The van der Waals surface area contributed by atoms with Gasteiger partial charge in [0.15, 0.2) is 16.6 Å². The Balaban J connectivity index is 1.25. The first-order chi connectivity index (χ1) is 15.5. The highest BCUT2D eigenvalue weighted by atomic mass is 32.2. The van der Waals surface area contributed by atoms with Crippen molar-refractivity contribution < 1.29 is 27.4 Å². The summed E-state index contributed by atoms with van der Waals surface area (Å²) in [5.41, 5.74) is 0.891. The topological polar surface area (TPSA) is 119 Å². The Kier molecular flexibility index (Phi) is 7.58. The minimum atomic E-state index is -3.78. The zero-order valence-electron chi connectivity index (χ0n) is 17.5. The molecule has 0 unspecified atom stereocenters. The fraction of sp³-hybridized carbons (Fsp3) is 0.500. The van der Waals surface area contributed by atoms with Crippen LogP contribution in [-0.4, -0.2) is 70.3 Å². The number of fused-ring (bicyclic) bond motifs is 1. The molecule has 1 amide bonds. The highest BCUT2D eigenvalue weighted by Gasteiger charge is 2.19. The van der Waals surface area contributed by atoms with Gasteiger partial charge in [-0.2, -0.15) is 0 Å².